The molecular weight excluding hydrogens is 272 g/mol. The summed E-state index contributed by atoms with van der Waals surface area (Å²) < 4.78 is 10.2. The average molecular weight is 294 g/mol. The van der Waals surface area contributed by atoms with Crippen molar-refractivity contribution in [3.05, 3.63) is 29.3 Å². The van der Waals surface area contributed by atoms with Gasteiger partial charge in [-0.1, -0.05) is 31.4 Å². The third-order valence-electron chi connectivity index (χ3n) is 3.73. The predicted molar refractivity (Wildman–Crippen MR) is 82.5 cm³/mol. The van der Waals surface area contributed by atoms with Crippen LogP contribution in [-0.2, 0) is 10.5 Å². The molecule has 1 saturated carbocycles. The van der Waals surface area contributed by atoms with Crippen LogP contribution in [0.15, 0.2) is 18.2 Å². The average Bonchev–Trinajstić information content (AvgIpc) is 2.52. The van der Waals surface area contributed by atoms with Crippen LogP contribution < -0.4 is 4.74 Å². The van der Waals surface area contributed by atoms with E-state index in [1.807, 2.05) is 23.9 Å². The van der Waals surface area contributed by atoms with Gasteiger partial charge in [0.2, 0.25) is 0 Å². The SMILES string of the molecule is COC(=O)c1cccc(CSC2CCCCC2)c1OC. The highest BCUT2D eigenvalue weighted by molar-refractivity contribution is 7.99. The molecule has 1 aromatic rings. The van der Waals surface area contributed by atoms with Crippen LogP contribution >= 0.6 is 11.8 Å². The lowest BCUT2D eigenvalue weighted by Crippen LogP contribution is -2.09. The Morgan fingerprint density at radius 1 is 1.25 bits per heavy atom. The highest BCUT2D eigenvalue weighted by Crippen LogP contribution is 2.34. The summed E-state index contributed by atoms with van der Waals surface area (Å²) in [6.45, 7) is 0. The van der Waals surface area contributed by atoms with E-state index in [0.717, 1.165) is 16.6 Å². The van der Waals surface area contributed by atoms with Gasteiger partial charge in [0, 0.05) is 16.6 Å². The number of hydrogen-bond acceptors (Lipinski definition) is 4. The minimum atomic E-state index is -0.341. The molecule has 0 unspecified atom stereocenters. The van der Waals surface area contributed by atoms with E-state index in [9.17, 15) is 4.79 Å². The Hall–Kier alpha value is -1.16. The Bertz CT molecular complexity index is 453. The fourth-order valence-electron chi connectivity index (χ4n) is 2.65. The summed E-state index contributed by atoms with van der Waals surface area (Å²) in [6.07, 6.45) is 6.68. The van der Waals surface area contributed by atoms with Gasteiger partial charge in [-0.05, 0) is 18.9 Å². The number of carbonyl (C=O) groups is 1. The van der Waals surface area contributed by atoms with Crippen molar-refractivity contribution < 1.29 is 14.3 Å². The number of hydrogen-bond donors (Lipinski definition) is 0. The van der Waals surface area contributed by atoms with Gasteiger partial charge >= 0.3 is 5.97 Å². The zero-order valence-electron chi connectivity index (χ0n) is 12.2. The van der Waals surface area contributed by atoms with Gasteiger partial charge in [-0.25, -0.2) is 4.79 Å². The molecule has 0 aromatic heterocycles. The molecule has 1 fully saturated rings. The first-order chi connectivity index (χ1) is 9.76. The number of ether oxygens (including phenoxy) is 2. The normalized spacial score (nSPS) is 15.9. The maximum absolute atomic E-state index is 11.7. The largest absolute Gasteiger partial charge is 0.496 e. The van der Waals surface area contributed by atoms with Crippen molar-refractivity contribution in [2.45, 2.75) is 43.1 Å². The van der Waals surface area contributed by atoms with E-state index >= 15 is 0 Å². The maximum atomic E-state index is 11.7. The number of thioether (sulfide) groups is 1. The standard InChI is InChI=1S/C16H22O3S/c1-18-15-12(7-6-10-14(15)16(17)19-2)11-20-13-8-4-3-5-9-13/h6-7,10,13H,3-5,8-9,11H2,1-2H3. The highest BCUT2D eigenvalue weighted by atomic mass is 32.2. The summed E-state index contributed by atoms with van der Waals surface area (Å²) in [5.41, 5.74) is 1.59. The Labute approximate surface area is 125 Å². The van der Waals surface area contributed by atoms with Crippen molar-refractivity contribution in [1.29, 1.82) is 0 Å². The molecule has 1 aliphatic rings. The summed E-state index contributed by atoms with van der Waals surface area (Å²) in [6, 6.07) is 5.67. The third kappa shape index (κ3) is 3.69. The van der Waals surface area contributed by atoms with Crippen LogP contribution in [0.1, 0.15) is 48.0 Å². The lowest BCUT2D eigenvalue weighted by Gasteiger charge is -2.21. The second-order valence-corrected chi connectivity index (χ2v) is 6.35. The van der Waals surface area contributed by atoms with Crippen LogP contribution in [0.5, 0.6) is 5.75 Å². The molecule has 0 saturated heterocycles. The molecule has 20 heavy (non-hydrogen) atoms. The summed E-state index contributed by atoms with van der Waals surface area (Å²) in [4.78, 5) is 11.7. The van der Waals surface area contributed by atoms with Gasteiger partial charge in [0.05, 0.1) is 14.2 Å². The zero-order valence-corrected chi connectivity index (χ0v) is 13.0. The molecule has 0 N–H and O–H groups in total. The first-order valence-corrected chi connectivity index (χ1v) is 8.17. The first-order valence-electron chi connectivity index (χ1n) is 7.12. The van der Waals surface area contributed by atoms with Gasteiger partial charge in [-0.15, -0.1) is 0 Å². The molecule has 2 rings (SSSR count). The Balaban J connectivity index is 2.08. The van der Waals surface area contributed by atoms with E-state index < -0.39 is 0 Å². The molecule has 110 valence electrons. The van der Waals surface area contributed by atoms with Crippen molar-refractivity contribution in [3.63, 3.8) is 0 Å². The van der Waals surface area contributed by atoms with Gasteiger partial charge in [-0.2, -0.15) is 11.8 Å². The van der Waals surface area contributed by atoms with Gasteiger partial charge in [0.25, 0.3) is 0 Å². The minimum Gasteiger partial charge on any atom is -0.496 e. The molecule has 4 heteroatoms. The van der Waals surface area contributed by atoms with Crippen molar-refractivity contribution in [3.8, 4) is 5.75 Å². The third-order valence-corrected chi connectivity index (χ3v) is 5.15. The summed E-state index contributed by atoms with van der Waals surface area (Å²) in [7, 11) is 3.00. The minimum absolute atomic E-state index is 0.341. The molecule has 1 aromatic carbocycles. The van der Waals surface area contributed by atoms with E-state index in [0.29, 0.717) is 11.3 Å². The smallest absolute Gasteiger partial charge is 0.341 e. The van der Waals surface area contributed by atoms with Gasteiger partial charge in [0.1, 0.15) is 11.3 Å². The highest BCUT2D eigenvalue weighted by Gasteiger charge is 2.18. The lowest BCUT2D eigenvalue weighted by atomic mass is 10.0. The van der Waals surface area contributed by atoms with Crippen molar-refractivity contribution in [2.75, 3.05) is 14.2 Å². The number of carbonyl (C=O) groups excluding carboxylic acids is 1. The molecule has 0 radical (unpaired) electrons. The fraction of sp³-hybridized carbons (Fsp3) is 0.562. The predicted octanol–water partition coefficient (Wildman–Crippen LogP) is 4.05. The van der Waals surface area contributed by atoms with Crippen LogP contribution in [0.25, 0.3) is 0 Å². The van der Waals surface area contributed by atoms with Gasteiger partial charge in [-0.3, -0.25) is 0 Å². The van der Waals surface area contributed by atoms with Crippen LogP contribution in [-0.4, -0.2) is 25.4 Å². The fourth-order valence-corrected chi connectivity index (χ4v) is 3.96. The quantitative estimate of drug-likeness (QED) is 0.768. The summed E-state index contributed by atoms with van der Waals surface area (Å²) in [5, 5.41) is 0.746. The molecule has 0 atom stereocenters. The van der Waals surface area contributed by atoms with E-state index in [1.165, 1.54) is 39.2 Å². The van der Waals surface area contributed by atoms with E-state index in [2.05, 4.69) is 0 Å². The van der Waals surface area contributed by atoms with Crippen LogP contribution in [0.2, 0.25) is 0 Å². The number of methoxy groups -OCH3 is 2. The molecule has 0 spiro atoms. The summed E-state index contributed by atoms with van der Waals surface area (Å²) >= 11 is 1.98. The van der Waals surface area contributed by atoms with Gasteiger partial charge in [0.15, 0.2) is 0 Å². The topological polar surface area (TPSA) is 35.5 Å². The number of rotatable bonds is 5. The zero-order chi connectivity index (χ0) is 14.4. The molecule has 1 aliphatic carbocycles. The van der Waals surface area contributed by atoms with Crippen molar-refractivity contribution in [2.24, 2.45) is 0 Å². The Kier molecular flexibility index (Phi) is 5.77. The molecule has 0 amide bonds. The summed E-state index contributed by atoms with van der Waals surface area (Å²) in [5.74, 6) is 1.20. The second-order valence-electron chi connectivity index (χ2n) is 5.06. The van der Waals surface area contributed by atoms with Crippen molar-refractivity contribution >= 4 is 17.7 Å². The Morgan fingerprint density at radius 2 is 2.00 bits per heavy atom. The number of para-hydroxylation sites is 1. The van der Waals surface area contributed by atoms with Crippen LogP contribution in [0, 0.1) is 0 Å². The molecular formula is C16H22O3S. The van der Waals surface area contributed by atoms with Crippen LogP contribution in [0.3, 0.4) is 0 Å². The molecule has 0 bridgehead atoms. The number of esters is 1. The van der Waals surface area contributed by atoms with E-state index in [4.69, 9.17) is 9.47 Å². The molecule has 0 aliphatic heterocycles. The number of benzene rings is 1. The first kappa shape index (κ1) is 15.2. The van der Waals surface area contributed by atoms with E-state index in [-0.39, 0.29) is 5.97 Å². The molecule has 3 nitrogen and oxygen atoms in total. The maximum Gasteiger partial charge on any atom is 0.341 e. The second kappa shape index (κ2) is 7.58. The Morgan fingerprint density at radius 3 is 2.65 bits per heavy atom. The van der Waals surface area contributed by atoms with Gasteiger partial charge < -0.3 is 9.47 Å². The van der Waals surface area contributed by atoms with Crippen molar-refractivity contribution in [1.82, 2.24) is 0 Å². The monoisotopic (exact) mass is 294 g/mol. The lowest BCUT2D eigenvalue weighted by molar-refractivity contribution is 0.0597. The molecule has 0 heterocycles. The van der Waals surface area contributed by atoms with E-state index in [1.54, 1.807) is 13.2 Å². The van der Waals surface area contributed by atoms with Crippen LogP contribution in [0.4, 0.5) is 0 Å².